The third-order valence-electron chi connectivity index (χ3n) is 3.52. The number of allylic oxidation sites excluding steroid dienone is 2. The number of amides is 1. The van der Waals surface area contributed by atoms with Gasteiger partial charge in [0, 0.05) is 18.0 Å². The van der Waals surface area contributed by atoms with Crippen LogP contribution in [-0.2, 0) is 4.79 Å². The number of nitrogens with zero attached hydrogens (tertiary/aromatic N) is 2. The van der Waals surface area contributed by atoms with E-state index in [1.807, 2.05) is 24.3 Å². The highest BCUT2D eigenvalue weighted by molar-refractivity contribution is 8.26. The fraction of sp³-hybridized carbons (Fsp3) is 0.176. The lowest BCUT2D eigenvalue weighted by atomic mass is 10.3. The Morgan fingerprint density at radius 2 is 2.00 bits per heavy atom. The van der Waals surface area contributed by atoms with Crippen molar-refractivity contribution in [2.75, 3.05) is 18.0 Å². The van der Waals surface area contributed by atoms with Crippen molar-refractivity contribution in [3.63, 3.8) is 0 Å². The Balaban J connectivity index is 1.85. The molecule has 0 aromatic heterocycles. The molecule has 0 N–H and O–H groups in total. The maximum absolute atomic E-state index is 12.3. The first-order valence-corrected chi connectivity index (χ1v) is 9.30. The van der Waals surface area contributed by atoms with Gasteiger partial charge in [-0.1, -0.05) is 54.0 Å². The fourth-order valence-electron chi connectivity index (χ4n) is 2.45. The summed E-state index contributed by atoms with van der Waals surface area (Å²) >= 11 is 8.33. The van der Waals surface area contributed by atoms with Gasteiger partial charge in [0.25, 0.3) is 5.91 Å². The molecule has 3 nitrogen and oxygen atoms in total. The molecule has 1 amide bonds. The van der Waals surface area contributed by atoms with E-state index in [9.17, 15) is 4.79 Å². The molecule has 118 valence electrons. The minimum absolute atomic E-state index is 0.0414. The molecule has 1 saturated heterocycles. The van der Waals surface area contributed by atoms with Crippen molar-refractivity contribution in [2.24, 2.45) is 0 Å². The molecular formula is C17H16N2OS3. The molecule has 0 radical (unpaired) electrons. The van der Waals surface area contributed by atoms with Gasteiger partial charge >= 0.3 is 0 Å². The molecule has 6 heteroatoms. The van der Waals surface area contributed by atoms with Gasteiger partial charge in [-0.3, -0.25) is 9.69 Å². The lowest BCUT2D eigenvalue weighted by molar-refractivity contribution is -0.121. The Morgan fingerprint density at radius 1 is 1.22 bits per heavy atom. The Bertz CT molecular complexity index is 739. The second kappa shape index (κ2) is 6.95. The first-order valence-electron chi connectivity index (χ1n) is 7.26. The van der Waals surface area contributed by atoms with Gasteiger partial charge < -0.3 is 4.90 Å². The second-order valence-electron chi connectivity index (χ2n) is 4.92. The standard InChI is InChI=1S/C17H16N2OS3/c1-3-11-19-16(20)14(23-17(19)21)9-10-15-18(4-2)12-7-5-6-8-13(12)22-15/h3,5-10H,1,4,11H2,2H3/b14-9+,15-10+. The number of hydrogen-bond acceptors (Lipinski definition) is 5. The monoisotopic (exact) mass is 360 g/mol. The minimum atomic E-state index is -0.0414. The fourth-order valence-corrected chi connectivity index (χ4v) is 4.80. The predicted octanol–water partition coefficient (Wildman–Crippen LogP) is 4.39. The highest BCUT2D eigenvalue weighted by atomic mass is 32.2. The van der Waals surface area contributed by atoms with Gasteiger partial charge in [0.1, 0.15) is 4.32 Å². The van der Waals surface area contributed by atoms with E-state index < -0.39 is 0 Å². The molecule has 1 fully saturated rings. The van der Waals surface area contributed by atoms with E-state index in [0.717, 1.165) is 11.6 Å². The number of thioether (sulfide) groups is 2. The number of para-hydroxylation sites is 1. The van der Waals surface area contributed by atoms with Crippen LogP contribution in [0.25, 0.3) is 0 Å². The molecular weight excluding hydrogens is 344 g/mol. The summed E-state index contributed by atoms with van der Waals surface area (Å²) in [6.07, 6.45) is 5.57. The quantitative estimate of drug-likeness (QED) is 0.450. The lowest BCUT2D eigenvalue weighted by Crippen LogP contribution is -2.27. The van der Waals surface area contributed by atoms with Gasteiger partial charge in [0.15, 0.2) is 0 Å². The maximum atomic E-state index is 12.3. The van der Waals surface area contributed by atoms with Gasteiger partial charge in [-0.05, 0) is 31.2 Å². The number of fused-ring (bicyclic) bond motifs is 1. The van der Waals surface area contributed by atoms with Crippen molar-refractivity contribution in [1.82, 2.24) is 4.90 Å². The number of thiocarbonyl (C=S) groups is 1. The van der Waals surface area contributed by atoms with Gasteiger partial charge in [0.2, 0.25) is 0 Å². The van der Waals surface area contributed by atoms with Crippen molar-refractivity contribution in [3.05, 3.63) is 59.0 Å². The third kappa shape index (κ3) is 3.11. The van der Waals surface area contributed by atoms with E-state index in [1.54, 1.807) is 22.7 Å². The first-order chi connectivity index (χ1) is 11.2. The molecule has 2 aliphatic heterocycles. The molecule has 0 spiro atoms. The Morgan fingerprint density at radius 3 is 2.74 bits per heavy atom. The van der Waals surface area contributed by atoms with Crippen LogP contribution < -0.4 is 4.90 Å². The summed E-state index contributed by atoms with van der Waals surface area (Å²) in [4.78, 5) is 18.1. The van der Waals surface area contributed by atoms with Crippen molar-refractivity contribution >= 4 is 51.7 Å². The van der Waals surface area contributed by atoms with E-state index in [1.165, 1.54) is 22.3 Å². The zero-order valence-electron chi connectivity index (χ0n) is 12.7. The van der Waals surface area contributed by atoms with Crippen molar-refractivity contribution in [2.45, 2.75) is 11.8 Å². The summed E-state index contributed by atoms with van der Waals surface area (Å²) < 4.78 is 0.592. The largest absolute Gasteiger partial charge is 0.335 e. The first kappa shape index (κ1) is 16.4. The van der Waals surface area contributed by atoms with Crippen LogP contribution in [0.4, 0.5) is 5.69 Å². The molecule has 3 rings (SSSR count). The van der Waals surface area contributed by atoms with Crippen LogP contribution in [0, 0.1) is 0 Å². The average molecular weight is 361 g/mol. The summed E-state index contributed by atoms with van der Waals surface area (Å²) in [6, 6.07) is 8.33. The van der Waals surface area contributed by atoms with Crippen LogP contribution in [0.3, 0.4) is 0 Å². The van der Waals surface area contributed by atoms with E-state index in [2.05, 4.69) is 30.5 Å². The summed E-state index contributed by atoms with van der Waals surface area (Å²) in [7, 11) is 0. The minimum Gasteiger partial charge on any atom is -0.335 e. The average Bonchev–Trinajstić information content (AvgIpc) is 3.04. The van der Waals surface area contributed by atoms with Crippen molar-refractivity contribution < 1.29 is 4.79 Å². The summed E-state index contributed by atoms with van der Waals surface area (Å²) in [5.41, 5.74) is 1.22. The molecule has 0 aliphatic carbocycles. The van der Waals surface area contributed by atoms with Crippen LogP contribution in [0.2, 0.25) is 0 Å². The SMILES string of the molecule is C=CCN1C(=O)/C(=C\C=C2\Sc3ccccc3N2CC)SC1=S. The normalized spacial score (nSPS) is 20.7. The zero-order valence-corrected chi connectivity index (χ0v) is 15.1. The Kier molecular flexibility index (Phi) is 4.94. The predicted molar refractivity (Wildman–Crippen MR) is 104 cm³/mol. The van der Waals surface area contributed by atoms with E-state index >= 15 is 0 Å². The van der Waals surface area contributed by atoms with Crippen LogP contribution in [-0.4, -0.2) is 28.2 Å². The number of hydrogen-bond donors (Lipinski definition) is 0. The molecule has 0 atom stereocenters. The topological polar surface area (TPSA) is 23.6 Å². The summed E-state index contributed by atoms with van der Waals surface area (Å²) in [6.45, 7) is 7.14. The molecule has 0 bridgehead atoms. The van der Waals surface area contributed by atoms with E-state index in [-0.39, 0.29) is 5.91 Å². The van der Waals surface area contributed by atoms with Crippen molar-refractivity contribution in [1.29, 1.82) is 0 Å². The number of benzene rings is 1. The molecule has 23 heavy (non-hydrogen) atoms. The van der Waals surface area contributed by atoms with Gasteiger partial charge in [-0.15, -0.1) is 6.58 Å². The molecule has 0 saturated carbocycles. The maximum Gasteiger partial charge on any atom is 0.266 e. The van der Waals surface area contributed by atoms with Gasteiger partial charge in [-0.2, -0.15) is 0 Å². The van der Waals surface area contributed by atoms with Gasteiger partial charge in [0.05, 0.1) is 15.6 Å². The second-order valence-corrected chi connectivity index (χ2v) is 7.66. The van der Waals surface area contributed by atoms with Crippen molar-refractivity contribution in [3.8, 4) is 0 Å². The van der Waals surface area contributed by atoms with E-state index in [0.29, 0.717) is 15.8 Å². The van der Waals surface area contributed by atoms with Crippen LogP contribution in [0.15, 0.2) is 63.9 Å². The van der Waals surface area contributed by atoms with Crippen LogP contribution >= 0.6 is 35.7 Å². The highest BCUT2D eigenvalue weighted by Gasteiger charge is 2.31. The number of rotatable bonds is 4. The molecule has 2 aliphatic rings. The molecule has 1 aromatic carbocycles. The van der Waals surface area contributed by atoms with Gasteiger partial charge in [-0.25, -0.2) is 0 Å². The van der Waals surface area contributed by atoms with Crippen LogP contribution in [0.1, 0.15) is 6.92 Å². The number of carbonyl (C=O) groups is 1. The smallest absolute Gasteiger partial charge is 0.266 e. The summed E-state index contributed by atoms with van der Waals surface area (Å²) in [5, 5.41) is 1.13. The third-order valence-corrected chi connectivity index (χ3v) is 6.04. The van der Waals surface area contributed by atoms with E-state index in [4.69, 9.17) is 12.2 Å². The molecule has 2 heterocycles. The summed E-state index contributed by atoms with van der Waals surface area (Å²) in [5.74, 6) is -0.0414. The number of anilines is 1. The Hall–Kier alpha value is -1.50. The zero-order chi connectivity index (χ0) is 16.4. The highest BCUT2D eigenvalue weighted by Crippen LogP contribution is 2.45. The Labute approximate surface area is 150 Å². The lowest BCUT2D eigenvalue weighted by Gasteiger charge is -2.17. The number of carbonyl (C=O) groups excluding carboxylic acids is 1. The molecule has 1 aromatic rings. The van der Waals surface area contributed by atoms with Crippen LogP contribution in [0.5, 0.6) is 0 Å². The molecule has 0 unspecified atom stereocenters.